The Morgan fingerprint density at radius 1 is 1.11 bits per heavy atom. The van der Waals surface area contributed by atoms with E-state index in [9.17, 15) is 21.6 Å². The molecule has 1 heterocycles. The van der Waals surface area contributed by atoms with E-state index < -0.39 is 26.3 Å². The van der Waals surface area contributed by atoms with Gasteiger partial charge in [0.05, 0.1) is 21.3 Å². The Labute approximate surface area is 167 Å². The molecule has 0 radical (unpaired) electrons. The molecule has 27 heavy (non-hydrogen) atoms. The average Bonchev–Trinajstić information content (AvgIpc) is 2.84. The number of sulfonamides is 1. The Bertz CT molecular complexity index is 1010. The molecule has 0 amide bonds. The summed E-state index contributed by atoms with van der Waals surface area (Å²) in [6.07, 6.45) is -4.58. The monoisotopic (exact) mass is 454 g/mol. The number of nitrogens with zero attached hydrogens (tertiary/aromatic N) is 1. The summed E-state index contributed by atoms with van der Waals surface area (Å²) in [6.45, 7) is 0. The molecule has 0 saturated carbocycles. The van der Waals surface area contributed by atoms with Gasteiger partial charge in [-0.3, -0.25) is 4.72 Å². The first-order valence-corrected chi connectivity index (χ1v) is 10.6. The molecule has 144 valence electrons. The Morgan fingerprint density at radius 2 is 1.85 bits per heavy atom. The second kappa shape index (κ2) is 7.54. The zero-order chi connectivity index (χ0) is 19.8. The summed E-state index contributed by atoms with van der Waals surface area (Å²) in [4.78, 5) is 4.17. The summed E-state index contributed by atoms with van der Waals surface area (Å²) in [5.41, 5.74) is -0.157. The molecule has 4 nitrogen and oxygen atoms in total. The van der Waals surface area contributed by atoms with Gasteiger partial charge in [0.1, 0.15) is 4.58 Å². The summed E-state index contributed by atoms with van der Waals surface area (Å²) < 4.78 is 64.4. The molecule has 1 atom stereocenters. The van der Waals surface area contributed by atoms with Crippen molar-refractivity contribution in [3.8, 4) is 0 Å². The smallest absolute Gasteiger partial charge is 0.261 e. The van der Waals surface area contributed by atoms with E-state index in [0.29, 0.717) is 10.7 Å². The minimum Gasteiger partial charge on any atom is -0.261 e. The van der Waals surface area contributed by atoms with Crippen LogP contribution in [0.2, 0.25) is 10.0 Å². The van der Waals surface area contributed by atoms with Crippen LogP contribution in [0.25, 0.3) is 0 Å². The topological polar surface area (TPSA) is 58.5 Å². The van der Waals surface area contributed by atoms with Crippen molar-refractivity contribution in [2.45, 2.75) is 17.2 Å². The highest BCUT2D eigenvalue weighted by atomic mass is 35.5. The number of thioether (sulfide) groups is 1. The number of alkyl halides is 3. The first-order valence-electron chi connectivity index (χ1n) is 7.43. The maximum atomic E-state index is 12.8. The molecule has 1 saturated heterocycles. The number of halogens is 5. The molecule has 1 aliphatic rings. The lowest BCUT2D eigenvalue weighted by Crippen LogP contribution is -2.26. The van der Waals surface area contributed by atoms with E-state index in [1.54, 1.807) is 6.07 Å². The van der Waals surface area contributed by atoms with Gasteiger partial charge in [-0.25, -0.2) is 13.4 Å². The van der Waals surface area contributed by atoms with Gasteiger partial charge in [-0.05, 0) is 29.8 Å². The van der Waals surface area contributed by atoms with Crippen LogP contribution in [0.1, 0.15) is 11.1 Å². The van der Waals surface area contributed by atoms with Gasteiger partial charge in [-0.2, -0.15) is 13.2 Å². The maximum Gasteiger partial charge on any atom is 0.416 e. The van der Waals surface area contributed by atoms with Crippen LogP contribution in [-0.2, 0) is 22.6 Å². The Kier molecular flexibility index (Phi) is 5.67. The molecular weight excluding hydrogens is 444 g/mol. The van der Waals surface area contributed by atoms with Crippen LogP contribution >= 0.6 is 35.0 Å². The van der Waals surface area contributed by atoms with Crippen LogP contribution in [0.3, 0.4) is 0 Å². The summed E-state index contributed by atoms with van der Waals surface area (Å²) >= 11 is 12.7. The third kappa shape index (κ3) is 4.90. The Balaban J connectivity index is 1.81. The minimum atomic E-state index is -4.49. The highest BCUT2D eigenvalue weighted by Crippen LogP contribution is 2.34. The first-order chi connectivity index (χ1) is 12.5. The van der Waals surface area contributed by atoms with E-state index in [1.807, 2.05) is 0 Å². The number of aliphatic imine (C=N–C) groups is 1. The maximum absolute atomic E-state index is 12.8. The van der Waals surface area contributed by atoms with E-state index in [0.717, 1.165) is 23.9 Å². The standard InChI is InChI=1S/C16H11Cl2F3N2O2S2/c17-12-5-4-11(8-13(12)18)22-15-23-27(24,25)14(26-15)7-9-2-1-3-10(6-9)16(19,20)21/h1-6,8,14H,7H2,(H,22,23). The fourth-order valence-corrected chi connectivity index (χ4v) is 5.61. The minimum absolute atomic E-state index is 0.0929. The van der Waals surface area contributed by atoms with Crippen molar-refractivity contribution in [2.75, 3.05) is 0 Å². The summed E-state index contributed by atoms with van der Waals surface area (Å²) in [5.74, 6) is 0. The van der Waals surface area contributed by atoms with E-state index in [2.05, 4.69) is 9.71 Å². The van der Waals surface area contributed by atoms with Gasteiger partial charge in [0.15, 0.2) is 5.17 Å². The number of rotatable bonds is 3. The number of benzene rings is 2. The molecule has 2 aromatic rings. The van der Waals surface area contributed by atoms with Gasteiger partial charge in [-0.15, -0.1) is 0 Å². The van der Waals surface area contributed by atoms with Gasteiger partial charge in [-0.1, -0.05) is 53.2 Å². The van der Waals surface area contributed by atoms with Crippen LogP contribution in [-0.4, -0.2) is 18.2 Å². The molecule has 2 aromatic carbocycles. The molecule has 3 rings (SSSR count). The molecule has 1 fully saturated rings. The normalized spacial score (nSPS) is 20.6. The molecule has 0 aromatic heterocycles. The number of nitrogens with one attached hydrogen (secondary N) is 1. The lowest BCUT2D eigenvalue weighted by Gasteiger charge is -2.10. The summed E-state index contributed by atoms with van der Waals surface area (Å²) in [7, 11) is -3.78. The van der Waals surface area contributed by atoms with Gasteiger partial charge in [0.25, 0.3) is 0 Å². The molecule has 0 spiro atoms. The second-order valence-corrected chi connectivity index (χ2v) is 9.78. The van der Waals surface area contributed by atoms with Crippen LogP contribution in [0.4, 0.5) is 18.9 Å². The van der Waals surface area contributed by atoms with Gasteiger partial charge < -0.3 is 0 Å². The highest BCUT2D eigenvalue weighted by Gasteiger charge is 2.37. The van der Waals surface area contributed by atoms with Crippen molar-refractivity contribution in [2.24, 2.45) is 4.99 Å². The largest absolute Gasteiger partial charge is 0.416 e. The van der Waals surface area contributed by atoms with E-state index in [1.165, 1.54) is 24.3 Å². The Hall–Kier alpha value is -1.42. The zero-order valence-electron chi connectivity index (χ0n) is 13.3. The van der Waals surface area contributed by atoms with E-state index in [4.69, 9.17) is 23.2 Å². The molecular formula is C16H11Cl2F3N2O2S2. The lowest BCUT2D eigenvalue weighted by atomic mass is 10.1. The number of hydrogen-bond donors (Lipinski definition) is 1. The SMILES string of the molecule is O=S1(=O)N/C(=N\c2ccc(Cl)c(Cl)c2)SC1Cc1cccc(C(F)(F)F)c1. The van der Waals surface area contributed by atoms with Crippen molar-refractivity contribution in [3.63, 3.8) is 0 Å². The summed E-state index contributed by atoms with van der Waals surface area (Å²) in [6, 6.07) is 9.17. The van der Waals surface area contributed by atoms with Crippen molar-refractivity contribution in [3.05, 3.63) is 63.6 Å². The molecule has 11 heteroatoms. The van der Waals surface area contributed by atoms with Crippen LogP contribution in [0.5, 0.6) is 0 Å². The fraction of sp³-hybridized carbons (Fsp3) is 0.188. The molecule has 0 aliphatic carbocycles. The zero-order valence-corrected chi connectivity index (χ0v) is 16.4. The second-order valence-electron chi connectivity index (χ2n) is 5.61. The van der Waals surface area contributed by atoms with Crippen LogP contribution in [0.15, 0.2) is 47.5 Å². The highest BCUT2D eigenvalue weighted by molar-refractivity contribution is 8.26. The predicted molar refractivity (Wildman–Crippen MR) is 102 cm³/mol. The number of hydrogen-bond acceptors (Lipinski definition) is 4. The van der Waals surface area contributed by atoms with Crippen molar-refractivity contribution in [1.82, 2.24) is 4.72 Å². The third-order valence-corrected chi connectivity index (χ3v) is 7.71. The molecule has 1 unspecified atom stereocenters. The average molecular weight is 455 g/mol. The summed E-state index contributed by atoms with van der Waals surface area (Å²) in [5, 5.41) is 0.720. The third-order valence-electron chi connectivity index (χ3n) is 3.61. The van der Waals surface area contributed by atoms with Gasteiger partial charge >= 0.3 is 6.18 Å². The van der Waals surface area contributed by atoms with E-state index >= 15 is 0 Å². The van der Waals surface area contributed by atoms with Crippen molar-refractivity contribution >= 4 is 55.8 Å². The molecule has 0 bridgehead atoms. The van der Waals surface area contributed by atoms with Gasteiger partial charge in [0, 0.05) is 6.42 Å². The van der Waals surface area contributed by atoms with E-state index in [-0.39, 0.29) is 22.2 Å². The lowest BCUT2D eigenvalue weighted by molar-refractivity contribution is -0.137. The number of amidine groups is 1. The van der Waals surface area contributed by atoms with Crippen LogP contribution < -0.4 is 4.72 Å². The molecule has 1 aliphatic heterocycles. The molecule has 1 N–H and O–H groups in total. The first kappa shape index (κ1) is 20.3. The van der Waals surface area contributed by atoms with Gasteiger partial charge in [0.2, 0.25) is 10.0 Å². The fourth-order valence-electron chi connectivity index (χ4n) is 2.34. The quantitative estimate of drug-likeness (QED) is 0.689. The Morgan fingerprint density at radius 3 is 2.52 bits per heavy atom. The predicted octanol–water partition coefficient (Wildman–Crippen LogP) is 5.23. The van der Waals surface area contributed by atoms with Crippen LogP contribution in [0, 0.1) is 0 Å². The van der Waals surface area contributed by atoms with Crippen molar-refractivity contribution < 1.29 is 21.6 Å². The van der Waals surface area contributed by atoms with Crippen molar-refractivity contribution in [1.29, 1.82) is 0 Å².